The Morgan fingerprint density at radius 2 is 1.97 bits per heavy atom. The van der Waals surface area contributed by atoms with Crippen molar-refractivity contribution in [2.24, 2.45) is 17.1 Å². The Kier molecular flexibility index (Phi) is 5.70. The number of hydrogen-bond donors (Lipinski definition) is 1. The number of carbonyl (C=O) groups is 2. The molecular formula is C20H23N3O8. The predicted molar refractivity (Wildman–Crippen MR) is 107 cm³/mol. The number of rotatable bonds is 5. The molecule has 2 aliphatic rings. The second kappa shape index (κ2) is 7.97. The number of benzene rings is 1. The summed E-state index contributed by atoms with van der Waals surface area (Å²) in [6.45, 7) is 5.39. The molecule has 11 nitrogen and oxygen atoms in total. The zero-order valence-electron chi connectivity index (χ0n) is 17.3. The fourth-order valence-electron chi connectivity index (χ4n) is 4.47. The van der Waals surface area contributed by atoms with Crippen molar-refractivity contribution in [1.82, 2.24) is 0 Å². The minimum atomic E-state index is -1.12. The maximum absolute atomic E-state index is 13.1. The van der Waals surface area contributed by atoms with E-state index in [4.69, 9.17) is 15.2 Å². The summed E-state index contributed by atoms with van der Waals surface area (Å²) in [4.78, 5) is 47.2. The lowest BCUT2D eigenvalue weighted by atomic mass is 9.63. The van der Waals surface area contributed by atoms with E-state index >= 15 is 0 Å². The molecule has 1 aromatic carbocycles. The van der Waals surface area contributed by atoms with Crippen LogP contribution in [0.3, 0.4) is 0 Å². The van der Waals surface area contributed by atoms with Gasteiger partial charge in [-0.2, -0.15) is 0 Å². The highest BCUT2D eigenvalue weighted by Crippen LogP contribution is 2.51. The van der Waals surface area contributed by atoms with Crippen LogP contribution < -0.4 is 5.73 Å². The Bertz CT molecular complexity index is 1000. The van der Waals surface area contributed by atoms with Gasteiger partial charge in [0.05, 0.1) is 28.4 Å². The third-order valence-corrected chi connectivity index (χ3v) is 5.64. The maximum atomic E-state index is 13.1. The van der Waals surface area contributed by atoms with Gasteiger partial charge in [-0.25, -0.2) is 4.79 Å². The van der Waals surface area contributed by atoms with Crippen LogP contribution in [0.15, 0.2) is 29.7 Å². The Labute approximate surface area is 177 Å². The molecular weight excluding hydrogens is 410 g/mol. The van der Waals surface area contributed by atoms with Crippen LogP contribution in [-0.4, -0.2) is 34.3 Å². The minimum Gasteiger partial charge on any atom is -0.475 e. The van der Waals surface area contributed by atoms with E-state index in [1.807, 2.05) is 13.8 Å². The zero-order chi connectivity index (χ0) is 23.1. The van der Waals surface area contributed by atoms with Crippen molar-refractivity contribution in [3.63, 3.8) is 0 Å². The van der Waals surface area contributed by atoms with Crippen molar-refractivity contribution in [3.05, 3.63) is 55.4 Å². The molecule has 1 saturated carbocycles. The number of ether oxygens (including phenoxy) is 2. The molecule has 31 heavy (non-hydrogen) atoms. The molecule has 11 heteroatoms. The average molecular weight is 433 g/mol. The van der Waals surface area contributed by atoms with E-state index < -0.39 is 45.1 Å². The number of nitrogens with zero attached hydrogens (tertiary/aromatic N) is 2. The van der Waals surface area contributed by atoms with Crippen LogP contribution in [0.1, 0.15) is 45.1 Å². The van der Waals surface area contributed by atoms with E-state index in [9.17, 15) is 29.8 Å². The summed E-state index contributed by atoms with van der Waals surface area (Å²) in [5.74, 6) is -3.38. The number of nitro benzene ring substituents is 2. The highest BCUT2D eigenvalue weighted by molar-refractivity contribution is 5.95. The van der Waals surface area contributed by atoms with Gasteiger partial charge >= 0.3 is 5.97 Å². The first-order valence-electron chi connectivity index (χ1n) is 9.75. The van der Waals surface area contributed by atoms with Crippen molar-refractivity contribution < 1.29 is 28.9 Å². The first-order chi connectivity index (χ1) is 14.5. The number of fused-ring (bicyclic) bond motifs is 1. The molecule has 3 unspecified atom stereocenters. The number of nitro groups is 2. The molecule has 1 aliphatic carbocycles. The summed E-state index contributed by atoms with van der Waals surface area (Å²) < 4.78 is 10.8. The van der Waals surface area contributed by atoms with Crippen LogP contribution in [0.2, 0.25) is 0 Å². The SMILES string of the molecule is CCOC(=O)C1=C(N)OC2CC(C)(C)CC(=O)C2C1c1ccc([N+](=O)[O-])cc1[N+](=O)[O-]. The molecule has 0 spiro atoms. The van der Waals surface area contributed by atoms with Gasteiger partial charge in [-0.3, -0.25) is 25.0 Å². The fourth-order valence-corrected chi connectivity index (χ4v) is 4.47. The van der Waals surface area contributed by atoms with Gasteiger partial charge in [0.25, 0.3) is 11.4 Å². The molecule has 0 bridgehead atoms. The fraction of sp³-hybridized carbons (Fsp3) is 0.500. The first kappa shape index (κ1) is 22.2. The van der Waals surface area contributed by atoms with Gasteiger partial charge < -0.3 is 15.2 Å². The van der Waals surface area contributed by atoms with Crippen molar-refractivity contribution in [1.29, 1.82) is 0 Å². The van der Waals surface area contributed by atoms with Crippen molar-refractivity contribution in [3.8, 4) is 0 Å². The zero-order valence-corrected chi connectivity index (χ0v) is 17.3. The smallest absolute Gasteiger partial charge is 0.340 e. The maximum Gasteiger partial charge on any atom is 0.340 e. The van der Waals surface area contributed by atoms with Gasteiger partial charge in [-0.05, 0) is 24.8 Å². The largest absolute Gasteiger partial charge is 0.475 e. The third kappa shape index (κ3) is 4.07. The molecule has 0 amide bonds. The lowest BCUT2D eigenvalue weighted by Crippen LogP contribution is -2.49. The summed E-state index contributed by atoms with van der Waals surface area (Å²) in [6, 6.07) is 3.11. The predicted octanol–water partition coefficient (Wildman–Crippen LogP) is 2.72. The van der Waals surface area contributed by atoms with Crippen LogP contribution in [0.5, 0.6) is 0 Å². The topological polar surface area (TPSA) is 165 Å². The van der Waals surface area contributed by atoms with Crippen LogP contribution in [0.4, 0.5) is 11.4 Å². The van der Waals surface area contributed by atoms with Gasteiger partial charge in [0, 0.05) is 24.0 Å². The van der Waals surface area contributed by atoms with Gasteiger partial charge in [-0.15, -0.1) is 0 Å². The van der Waals surface area contributed by atoms with Gasteiger partial charge in [0.1, 0.15) is 17.5 Å². The van der Waals surface area contributed by atoms with Crippen molar-refractivity contribution >= 4 is 23.1 Å². The number of non-ortho nitro benzene ring substituents is 1. The molecule has 166 valence electrons. The number of hydrogen-bond acceptors (Lipinski definition) is 9. The second-order valence-corrected chi connectivity index (χ2v) is 8.43. The second-order valence-electron chi connectivity index (χ2n) is 8.43. The number of carbonyl (C=O) groups excluding carboxylic acids is 2. The molecule has 0 aromatic heterocycles. The minimum absolute atomic E-state index is 0.0137. The van der Waals surface area contributed by atoms with E-state index in [2.05, 4.69) is 0 Å². The van der Waals surface area contributed by atoms with Crippen LogP contribution in [0.25, 0.3) is 0 Å². The van der Waals surface area contributed by atoms with E-state index in [1.54, 1.807) is 6.92 Å². The highest BCUT2D eigenvalue weighted by atomic mass is 16.6. The average Bonchev–Trinajstić information content (AvgIpc) is 2.65. The van der Waals surface area contributed by atoms with E-state index in [-0.39, 0.29) is 41.2 Å². The molecule has 3 atom stereocenters. The van der Waals surface area contributed by atoms with Gasteiger partial charge in [-0.1, -0.05) is 13.8 Å². The van der Waals surface area contributed by atoms with E-state index in [1.165, 1.54) is 6.07 Å². The summed E-state index contributed by atoms with van der Waals surface area (Å²) in [5.41, 5.74) is 4.40. The highest BCUT2D eigenvalue weighted by Gasteiger charge is 2.53. The summed E-state index contributed by atoms with van der Waals surface area (Å²) in [6.07, 6.45) is -0.0725. The van der Waals surface area contributed by atoms with E-state index in [0.29, 0.717) is 6.42 Å². The normalized spacial score (nSPS) is 24.7. The van der Waals surface area contributed by atoms with Crippen LogP contribution >= 0.6 is 0 Å². The number of ketones is 1. The Morgan fingerprint density at radius 1 is 1.29 bits per heavy atom. The standard InChI is InChI=1S/C20H23N3O8/c1-4-30-19(25)17-15(11-6-5-10(22(26)27)7-12(11)23(28)29)16-13(24)8-20(2,3)9-14(16)31-18(17)21/h5-7,14-16H,4,8-9,21H2,1-3H3. The van der Waals surface area contributed by atoms with Crippen molar-refractivity contribution in [2.45, 2.75) is 45.6 Å². The lowest BCUT2D eigenvalue weighted by molar-refractivity contribution is -0.394. The molecule has 3 rings (SSSR count). The van der Waals surface area contributed by atoms with Gasteiger partial charge in [0.2, 0.25) is 0 Å². The van der Waals surface area contributed by atoms with Crippen LogP contribution in [0, 0.1) is 31.6 Å². The summed E-state index contributed by atoms with van der Waals surface area (Å²) in [5, 5.41) is 22.9. The van der Waals surface area contributed by atoms with E-state index in [0.717, 1.165) is 12.1 Å². The Morgan fingerprint density at radius 3 is 2.55 bits per heavy atom. The third-order valence-electron chi connectivity index (χ3n) is 5.64. The number of nitrogens with two attached hydrogens (primary N) is 1. The molecule has 1 aliphatic heterocycles. The molecule has 0 radical (unpaired) electrons. The lowest BCUT2D eigenvalue weighted by Gasteiger charge is -2.45. The first-order valence-corrected chi connectivity index (χ1v) is 9.75. The molecule has 0 saturated heterocycles. The van der Waals surface area contributed by atoms with Gasteiger partial charge in [0.15, 0.2) is 5.88 Å². The van der Waals surface area contributed by atoms with Crippen molar-refractivity contribution in [2.75, 3.05) is 6.61 Å². The molecule has 2 N–H and O–H groups in total. The Hall–Kier alpha value is -3.50. The quantitative estimate of drug-likeness (QED) is 0.417. The van der Waals surface area contributed by atoms with Crippen LogP contribution in [-0.2, 0) is 19.1 Å². The summed E-state index contributed by atoms with van der Waals surface area (Å²) in [7, 11) is 0. The number of Topliss-reactive ketones (excluding diaryl/α,β-unsaturated/α-hetero) is 1. The number of esters is 1. The Balaban J connectivity index is 2.25. The molecule has 1 aromatic rings. The molecule has 1 fully saturated rings. The monoisotopic (exact) mass is 433 g/mol. The summed E-state index contributed by atoms with van der Waals surface area (Å²) >= 11 is 0. The molecule has 1 heterocycles.